The van der Waals surface area contributed by atoms with E-state index in [0.29, 0.717) is 6.61 Å². The summed E-state index contributed by atoms with van der Waals surface area (Å²) in [4.78, 5) is 0. The molecule has 0 aliphatic carbocycles. The zero-order valence-electron chi connectivity index (χ0n) is 12.4. The summed E-state index contributed by atoms with van der Waals surface area (Å²) >= 11 is 6.25. The van der Waals surface area contributed by atoms with E-state index in [-0.39, 0.29) is 0 Å². The number of halogens is 1. The molecule has 0 aromatic heterocycles. The maximum atomic E-state index is 6.25. The highest BCUT2D eigenvalue weighted by Gasteiger charge is 2.07. The monoisotopic (exact) mass is 303 g/mol. The third kappa shape index (κ3) is 5.07. The molecule has 0 fully saturated rings. The molecule has 0 aliphatic heterocycles. The van der Waals surface area contributed by atoms with Crippen LogP contribution in [-0.4, -0.2) is 13.2 Å². The van der Waals surface area contributed by atoms with Gasteiger partial charge in [-0.25, -0.2) is 0 Å². The first-order valence-electron chi connectivity index (χ1n) is 7.46. The lowest BCUT2D eigenvalue weighted by Gasteiger charge is -2.13. The van der Waals surface area contributed by atoms with Gasteiger partial charge in [-0.2, -0.15) is 0 Å². The van der Waals surface area contributed by atoms with Crippen LogP contribution in [0.1, 0.15) is 24.5 Å². The van der Waals surface area contributed by atoms with Crippen LogP contribution < -0.4 is 10.1 Å². The highest BCUT2D eigenvalue weighted by Crippen LogP contribution is 2.26. The Kier molecular flexibility index (Phi) is 6.58. The molecule has 0 heterocycles. The molecule has 21 heavy (non-hydrogen) atoms. The van der Waals surface area contributed by atoms with Crippen molar-refractivity contribution >= 4 is 11.6 Å². The first-order chi connectivity index (χ1) is 10.3. The molecular weight excluding hydrogens is 282 g/mol. The molecule has 112 valence electrons. The van der Waals surface area contributed by atoms with E-state index in [1.165, 1.54) is 5.56 Å². The minimum Gasteiger partial charge on any atom is -0.493 e. The number of benzene rings is 2. The van der Waals surface area contributed by atoms with Gasteiger partial charge in [-0.1, -0.05) is 54.9 Å². The van der Waals surface area contributed by atoms with Gasteiger partial charge in [-0.15, -0.1) is 0 Å². The molecule has 0 atom stereocenters. The summed E-state index contributed by atoms with van der Waals surface area (Å²) in [6.07, 6.45) is 2.03. The topological polar surface area (TPSA) is 21.3 Å². The summed E-state index contributed by atoms with van der Waals surface area (Å²) < 4.78 is 5.91. The van der Waals surface area contributed by atoms with Crippen molar-refractivity contribution in [2.75, 3.05) is 13.2 Å². The van der Waals surface area contributed by atoms with Crippen LogP contribution >= 0.6 is 11.6 Å². The van der Waals surface area contributed by atoms with Crippen molar-refractivity contribution in [3.63, 3.8) is 0 Å². The normalized spacial score (nSPS) is 10.6. The second-order valence-electron chi connectivity index (χ2n) is 4.93. The first-order valence-corrected chi connectivity index (χ1v) is 7.84. The van der Waals surface area contributed by atoms with E-state index < -0.39 is 0 Å². The first kappa shape index (κ1) is 15.9. The van der Waals surface area contributed by atoms with Crippen molar-refractivity contribution < 1.29 is 4.74 Å². The van der Waals surface area contributed by atoms with E-state index in [1.54, 1.807) is 0 Å². The molecule has 0 saturated heterocycles. The Balaban J connectivity index is 1.86. The molecule has 0 saturated carbocycles. The fraction of sp³-hybridized carbons (Fsp3) is 0.333. The molecule has 0 aliphatic rings. The molecule has 0 spiro atoms. The number of hydrogen-bond acceptors (Lipinski definition) is 2. The van der Waals surface area contributed by atoms with Crippen molar-refractivity contribution in [1.29, 1.82) is 0 Å². The minimum atomic E-state index is 0.703. The third-order valence-electron chi connectivity index (χ3n) is 3.34. The zero-order valence-corrected chi connectivity index (χ0v) is 13.2. The van der Waals surface area contributed by atoms with E-state index in [4.69, 9.17) is 16.3 Å². The SMILES string of the molecule is CCNCc1c(Cl)cccc1OCCCc1ccccc1. The molecule has 0 unspecified atom stereocenters. The van der Waals surface area contributed by atoms with Crippen LogP contribution in [0.3, 0.4) is 0 Å². The number of nitrogens with one attached hydrogen (secondary N) is 1. The lowest BCUT2D eigenvalue weighted by atomic mass is 10.1. The Labute approximate surface area is 132 Å². The quantitative estimate of drug-likeness (QED) is 0.727. The minimum absolute atomic E-state index is 0.703. The van der Waals surface area contributed by atoms with Gasteiger partial charge in [0, 0.05) is 17.1 Å². The van der Waals surface area contributed by atoms with E-state index in [2.05, 4.69) is 36.5 Å². The number of aryl methyl sites for hydroxylation is 1. The van der Waals surface area contributed by atoms with Crippen molar-refractivity contribution in [3.05, 3.63) is 64.7 Å². The highest BCUT2D eigenvalue weighted by molar-refractivity contribution is 6.31. The van der Waals surface area contributed by atoms with Crippen LogP contribution in [-0.2, 0) is 13.0 Å². The molecule has 2 rings (SSSR count). The standard InChI is InChI=1S/C18H22ClNO/c1-2-20-14-16-17(19)11-6-12-18(16)21-13-7-10-15-8-4-3-5-9-15/h3-6,8-9,11-12,20H,2,7,10,13-14H2,1H3. The molecule has 2 aromatic rings. The van der Waals surface area contributed by atoms with Gasteiger partial charge in [0.1, 0.15) is 5.75 Å². The zero-order chi connectivity index (χ0) is 14.9. The average molecular weight is 304 g/mol. The summed E-state index contributed by atoms with van der Waals surface area (Å²) in [5.74, 6) is 0.886. The number of rotatable bonds is 8. The largest absolute Gasteiger partial charge is 0.493 e. The molecule has 2 aromatic carbocycles. The second kappa shape index (κ2) is 8.71. The van der Waals surface area contributed by atoms with Crippen molar-refractivity contribution in [2.45, 2.75) is 26.3 Å². The lowest BCUT2D eigenvalue weighted by Crippen LogP contribution is -2.13. The molecule has 0 amide bonds. The van der Waals surface area contributed by atoms with Gasteiger partial charge in [-0.05, 0) is 37.1 Å². The third-order valence-corrected chi connectivity index (χ3v) is 3.69. The Morgan fingerprint density at radius 1 is 1.05 bits per heavy atom. The Hall–Kier alpha value is -1.51. The van der Waals surface area contributed by atoms with Crippen LogP contribution in [0.2, 0.25) is 5.02 Å². The van der Waals surface area contributed by atoms with Crippen LogP contribution in [0.5, 0.6) is 5.75 Å². The van der Waals surface area contributed by atoms with Gasteiger partial charge in [0.05, 0.1) is 6.61 Å². The highest BCUT2D eigenvalue weighted by atomic mass is 35.5. The number of ether oxygens (including phenoxy) is 1. The van der Waals surface area contributed by atoms with Gasteiger partial charge < -0.3 is 10.1 Å². The lowest BCUT2D eigenvalue weighted by molar-refractivity contribution is 0.307. The summed E-state index contributed by atoms with van der Waals surface area (Å²) in [7, 11) is 0. The molecule has 3 heteroatoms. The second-order valence-corrected chi connectivity index (χ2v) is 5.34. The van der Waals surface area contributed by atoms with Crippen LogP contribution in [0.25, 0.3) is 0 Å². The Bertz CT molecular complexity index is 542. The van der Waals surface area contributed by atoms with Crippen molar-refractivity contribution in [3.8, 4) is 5.75 Å². The van der Waals surface area contributed by atoms with E-state index in [0.717, 1.165) is 42.3 Å². The average Bonchev–Trinajstić information content (AvgIpc) is 2.52. The predicted molar refractivity (Wildman–Crippen MR) is 89.1 cm³/mol. The molecule has 0 radical (unpaired) electrons. The Morgan fingerprint density at radius 3 is 2.62 bits per heavy atom. The molecule has 2 nitrogen and oxygen atoms in total. The van der Waals surface area contributed by atoms with Crippen molar-refractivity contribution in [1.82, 2.24) is 5.32 Å². The summed E-state index contributed by atoms with van der Waals surface area (Å²) in [6, 6.07) is 16.3. The van der Waals surface area contributed by atoms with Gasteiger partial charge in [-0.3, -0.25) is 0 Å². The van der Waals surface area contributed by atoms with Gasteiger partial charge >= 0.3 is 0 Å². The molecular formula is C18H22ClNO. The molecule has 0 bridgehead atoms. The van der Waals surface area contributed by atoms with E-state index in [1.807, 2.05) is 24.3 Å². The fourth-order valence-electron chi connectivity index (χ4n) is 2.20. The predicted octanol–water partition coefficient (Wildman–Crippen LogP) is 4.46. The van der Waals surface area contributed by atoms with E-state index in [9.17, 15) is 0 Å². The van der Waals surface area contributed by atoms with Gasteiger partial charge in [0.25, 0.3) is 0 Å². The Morgan fingerprint density at radius 2 is 1.86 bits per heavy atom. The smallest absolute Gasteiger partial charge is 0.125 e. The number of hydrogen-bond donors (Lipinski definition) is 1. The van der Waals surface area contributed by atoms with Crippen molar-refractivity contribution in [2.24, 2.45) is 0 Å². The van der Waals surface area contributed by atoms with E-state index >= 15 is 0 Å². The summed E-state index contributed by atoms with van der Waals surface area (Å²) in [5.41, 5.74) is 2.39. The van der Waals surface area contributed by atoms with Crippen LogP contribution in [0, 0.1) is 0 Å². The maximum absolute atomic E-state index is 6.25. The summed E-state index contributed by atoms with van der Waals surface area (Å²) in [6.45, 7) is 4.44. The summed E-state index contributed by atoms with van der Waals surface area (Å²) in [5, 5.41) is 4.06. The van der Waals surface area contributed by atoms with Crippen LogP contribution in [0.4, 0.5) is 0 Å². The van der Waals surface area contributed by atoms with Gasteiger partial charge in [0.2, 0.25) is 0 Å². The maximum Gasteiger partial charge on any atom is 0.125 e. The fourth-order valence-corrected chi connectivity index (χ4v) is 2.43. The van der Waals surface area contributed by atoms with Crippen LogP contribution in [0.15, 0.2) is 48.5 Å². The molecule has 1 N–H and O–H groups in total. The van der Waals surface area contributed by atoms with Gasteiger partial charge in [0.15, 0.2) is 0 Å².